The van der Waals surface area contributed by atoms with Crippen LogP contribution in [0.3, 0.4) is 0 Å². The van der Waals surface area contributed by atoms with E-state index in [4.69, 9.17) is 4.74 Å². The molecule has 0 heterocycles. The van der Waals surface area contributed by atoms with E-state index >= 15 is 0 Å². The molecule has 0 saturated carbocycles. The van der Waals surface area contributed by atoms with Crippen LogP contribution < -0.4 is 10.1 Å². The van der Waals surface area contributed by atoms with E-state index in [1.165, 1.54) is 12.1 Å². The molecule has 1 atom stereocenters. The second-order valence-electron chi connectivity index (χ2n) is 6.07. The number of carbonyl (C=O) groups excluding carboxylic acids is 1. The first-order valence-corrected chi connectivity index (χ1v) is 8.49. The Morgan fingerprint density at radius 3 is 2.48 bits per heavy atom. The highest BCUT2D eigenvalue weighted by molar-refractivity contribution is 6.05. The van der Waals surface area contributed by atoms with Crippen molar-refractivity contribution in [2.24, 2.45) is 0 Å². The number of hydrogen-bond donors (Lipinski definition) is 1. The summed E-state index contributed by atoms with van der Waals surface area (Å²) in [4.78, 5) is 12.6. The molecule has 0 aliphatic rings. The second kappa shape index (κ2) is 8.45. The Bertz CT molecular complexity index is 926. The van der Waals surface area contributed by atoms with E-state index in [0.29, 0.717) is 17.0 Å². The Balaban J connectivity index is 1.78. The molecule has 3 rings (SSSR count). The minimum absolute atomic E-state index is 0.00934. The van der Waals surface area contributed by atoms with E-state index in [9.17, 15) is 13.6 Å². The van der Waals surface area contributed by atoms with Crippen molar-refractivity contribution in [2.45, 2.75) is 12.6 Å². The van der Waals surface area contributed by atoms with Crippen molar-refractivity contribution in [3.8, 4) is 5.75 Å². The molecule has 0 spiro atoms. The minimum Gasteiger partial charge on any atom is -0.497 e. The van der Waals surface area contributed by atoms with Crippen molar-refractivity contribution in [1.82, 2.24) is 0 Å². The molecule has 3 nitrogen and oxygen atoms in total. The summed E-state index contributed by atoms with van der Waals surface area (Å²) in [6.07, 6.45) is -1.44. The normalized spacial score (nSPS) is 11.7. The third-order valence-corrected chi connectivity index (χ3v) is 4.19. The van der Waals surface area contributed by atoms with Gasteiger partial charge in [-0.25, -0.2) is 8.78 Å². The Morgan fingerprint density at radius 2 is 1.78 bits per heavy atom. The average Bonchev–Trinajstić information content (AvgIpc) is 2.68. The van der Waals surface area contributed by atoms with Crippen LogP contribution in [0.2, 0.25) is 0 Å². The Kier molecular flexibility index (Phi) is 5.81. The van der Waals surface area contributed by atoms with Gasteiger partial charge in [-0.2, -0.15) is 0 Å². The summed E-state index contributed by atoms with van der Waals surface area (Å²) >= 11 is 0. The lowest BCUT2D eigenvalue weighted by molar-refractivity contribution is 0.102. The molecule has 138 valence electrons. The molecule has 0 radical (unpaired) electrons. The van der Waals surface area contributed by atoms with E-state index in [0.717, 1.165) is 0 Å². The molecule has 0 unspecified atom stereocenters. The van der Waals surface area contributed by atoms with Gasteiger partial charge in [0.1, 0.15) is 17.7 Å². The highest BCUT2D eigenvalue weighted by atomic mass is 19.1. The van der Waals surface area contributed by atoms with Crippen LogP contribution >= 0.6 is 0 Å². The van der Waals surface area contributed by atoms with Crippen LogP contribution in [0.15, 0.2) is 72.8 Å². The fourth-order valence-electron chi connectivity index (χ4n) is 2.83. The standard InChI is InChI=1S/C22H19F2NO2/c1-27-18-11-9-17(10-12-18)25-22(26)20-8-3-2-7-19(20)21(24)14-15-5-4-6-16(23)13-15/h2-13,21H,14H2,1H3,(H,25,26)/t21-/m1/s1. The van der Waals surface area contributed by atoms with Crippen LogP contribution in [0.5, 0.6) is 5.75 Å². The predicted molar refractivity (Wildman–Crippen MR) is 101 cm³/mol. The first-order chi connectivity index (χ1) is 13.1. The van der Waals surface area contributed by atoms with Crippen LogP contribution in [0.1, 0.15) is 27.7 Å². The molecule has 27 heavy (non-hydrogen) atoms. The van der Waals surface area contributed by atoms with Gasteiger partial charge in [-0.3, -0.25) is 4.79 Å². The Morgan fingerprint density at radius 1 is 1.04 bits per heavy atom. The lowest BCUT2D eigenvalue weighted by Gasteiger charge is -2.14. The number of hydrogen-bond acceptors (Lipinski definition) is 2. The topological polar surface area (TPSA) is 38.3 Å². The largest absolute Gasteiger partial charge is 0.497 e. The van der Waals surface area contributed by atoms with E-state index in [1.54, 1.807) is 67.8 Å². The van der Waals surface area contributed by atoms with Gasteiger partial charge >= 0.3 is 0 Å². The molecule has 1 amide bonds. The molecule has 0 aliphatic heterocycles. The van der Waals surface area contributed by atoms with Gasteiger partial charge in [-0.05, 0) is 53.6 Å². The number of nitrogens with one attached hydrogen (secondary N) is 1. The molecule has 3 aromatic rings. The number of alkyl halides is 1. The van der Waals surface area contributed by atoms with Gasteiger partial charge in [-0.15, -0.1) is 0 Å². The van der Waals surface area contributed by atoms with E-state index in [1.807, 2.05) is 0 Å². The zero-order chi connectivity index (χ0) is 19.2. The lowest BCUT2D eigenvalue weighted by Crippen LogP contribution is -2.15. The number of rotatable bonds is 6. The SMILES string of the molecule is COc1ccc(NC(=O)c2ccccc2[C@H](F)Cc2cccc(F)c2)cc1. The van der Waals surface area contributed by atoms with Gasteiger partial charge in [0.25, 0.3) is 5.91 Å². The van der Waals surface area contributed by atoms with Crippen molar-refractivity contribution in [2.75, 3.05) is 12.4 Å². The van der Waals surface area contributed by atoms with Crippen LogP contribution in [-0.4, -0.2) is 13.0 Å². The summed E-state index contributed by atoms with van der Waals surface area (Å²) in [5.74, 6) is -0.143. The molecule has 1 N–H and O–H groups in total. The first kappa shape index (κ1) is 18.6. The van der Waals surface area contributed by atoms with Gasteiger partial charge in [0.15, 0.2) is 0 Å². The molecular weight excluding hydrogens is 348 g/mol. The van der Waals surface area contributed by atoms with Crippen molar-refractivity contribution in [3.63, 3.8) is 0 Å². The van der Waals surface area contributed by atoms with Crippen molar-refractivity contribution < 1.29 is 18.3 Å². The van der Waals surface area contributed by atoms with E-state index in [-0.39, 0.29) is 17.5 Å². The molecule has 3 aromatic carbocycles. The monoisotopic (exact) mass is 367 g/mol. The quantitative estimate of drug-likeness (QED) is 0.639. The van der Waals surface area contributed by atoms with E-state index < -0.39 is 17.9 Å². The molecule has 5 heteroatoms. The van der Waals surface area contributed by atoms with Gasteiger partial charge in [0.05, 0.1) is 7.11 Å². The minimum atomic E-state index is -1.43. The van der Waals surface area contributed by atoms with Crippen LogP contribution in [0, 0.1) is 5.82 Å². The zero-order valence-corrected chi connectivity index (χ0v) is 14.8. The third kappa shape index (κ3) is 4.70. The lowest BCUT2D eigenvalue weighted by atomic mass is 9.97. The van der Waals surface area contributed by atoms with Gasteiger partial charge in [0, 0.05) is 17.7 Å². The average molecular weight is 367 g/mol. The highest BCUT2D eigenvalue weighted by Gasteiger charge is 2.19. The molecule has 0 bridgehead atoms. The molecule has 0 aromatic heterocycles. The summed E-state index contributed by atoms with van der Waals surface area (Å²) in [6.45, 7) is 0. The van der Waals surface area contributed by atoms with Gasteiger partial charge in [0.2, 0.25) is 0 Å². The fourth-order valence-corrected chi connectivity index (χ4v) is 2.83. The maximum absolute atomic E-state index is 14.9. The summed E-state index contributed by atoms with van der Waals surface area (Å²) in [6, 6.07) is 19.2. The van der Waals surface area contributed by atoms with Crippen LogP contribution in [0.25, 0.3) is 0 Å². The predicted octanol–water partition coefficient (Wildman–Crippen LogP) is 5.34. The molecule has 0 fully saturated rings. The smallest absolute Gasteiger partial charge is 0.256 e. The number of methoxy groups -OCH3 is 1. The van der Waals surface area contributed by atoms with Crippen molar-refractivity contribution >= 4 is 11.6 Å². The molecular formula is C22H19F2NO2. The Labute approximate surface area is 156 Å². The van der Waals surface area contributed by atoms with Gasteiger partial charge < -0.3 is 10.1 Å². The number of anilines is 1. The number of benzene rings is 3. The Hall–Kier alpha value is -3.21. The number of ether oxygens (including phenoxy) is 1. The van der Waals surface area contributed by atoms with Crippen molar-refractivity contribution in [3.05, 3.63) is 95.3 Å². The zero-order valence-electron chi connectivity index (χ0n) is 14.8. The molecule has 0 saturated heterocycles. The van der Waals surface area contributed by atoms with E-state index in [2.05, 4.69) is 5.32 Å². The van der Waals surface area contributed by atoms with Crippen molar-refractivity contribution in [1.29, 1.82) is 0 Å². The summed E-state index contributed by atoms with van der Waals surface area (Å²) in [7, 11) is 1.56. The van der Waals surface area contributed by atoms with Gasteiger partial charge in [-0.1, -0.05) is 30.3 Å². The number of carbonyl (C=O) groups is 1. The third-order valence-electron chi connectivity index (χ3n) is 4.19. The van der Waals surface area contributed by atoms with Crippen LogP contribution in [0.4, 0.5) is 14.5 Å². The number of halogens is 2. The molecule has 0 aliphatic carbocycles. The fraction of sp³-hybridized carbons (Fsp3) is 0.136. The highest BCUT2D eigenvalue weighted by Crippen LogP contribution is 2.27. The summed E-state index contributed by atoms with van der Waals surface area (Å²) in [5, 5.41) is 2.76. The van der Waals surface area contributed by atoms with Crippen LogP contribution in [-0.2, 0) is 6.42 Å². The second-order valence-corrected chi connectivity index (χ2v) is 6.07. The maximum Gasteiger partial charge on any atom is 0.256 e. The summed E-state index contributed by atoms with van der Waals surface area (Å²) in [5.41, 5.74) is 1.63. The maximum atomic E-state index is 14.9. The summed E-state index contributed by atoms with van der Waals surface area (Å²) < 4.78 is 33.3. The first-order valence-electron chi connectivity index (χ1n) is 8.49. The number of amides is 1.